The molecule has 2 aromatic carbocycles. The van der Waals surface area contributed by atoms with Gasteiger partial charge in [-0.15, -0.1) is 0 Å². The standard InChI is InChI=1S/C24H26F2N2O3/c1-3-4-13-31-14-5-12-28-23(29)21(17-8-6-16(2)7-9-17)22(24(28)30)27-18-10-11-19(25)20(26)15-18/h6-11,15,27H,3-5,12-14H2,1-2H3. The van der Waals surface area contributed by atoms with Crippen molar-refractivity contribution in [3.63, 3.8) is 0 Å². The Morgan fingerprint density at radius 1 is 0.935 bits per heavy atom. The number of aryl methyl sites for hydroxylation is 1. The Balaban J connectivity index is 1.84. The van der Waals surface area contributed by atoms with E-state index >= 15 is 0 Å². The first-order valence-electron chi connectivity index (χ1n) is 10.4. The van der Waals surface area contributed by atoms with Crippen LogP contribution in [0.25, 0.3) is 5.57 Å². The Labute approximate surface area is 180 Å². The molecular weight excluding hydrogens is 402 g/mol. The predicted molar refractivity (Wildman–Crippen MR) is 115 cm³/mol. The van der Waals surface area contributed by atoms with Crippen LogP contribution in [-0.4, -0.2) is 36.5 Å². The molecule has 2 aromatic rings. The van der Waals surface area contributed by atoms with Crippen LogP contribution in [0.4, 0.5) is 14.5 Å². The summed E-state index contributed by atoms with van der Waals surface area (Å²) in [6.45, 7) is 5.30. The highest BCUT2D eigenvalue weighted by Gasteiger charge is 2.38. The molecule has 0 radical (unpaired) electrons. The maximum atomic E-state index is 13.7. The fourth-order valence-corrected chi connectivity index (χ4v) is 3.27. The van der Waals surface area contributed by atoms with E-state index in [0.29, 0.717) is 25.2 Å². The van der Waals surface area contributed by atoms with Gasteiger partial charge >= 0.3 is 0 Å². The van der Waals surface area contributed by atoms with Gasteiger partial charge in [-0.05, 0) is 37.5 Å². The predicted octanol–water partition coefficient (Wildman–Crippen LogP) is 4.67. The lowest BCUT2D eigenvalue weighted by atomic mass is 10.0. The van der Waals surface area contributed by atoms with Crippen LogP contribution in [0.15, 0.2) is 48.2 Å². The fourth-order valence-electron chi connectivity index (χ4n) is 3.27. The van der Waals surface area contributed by atoms with Crippen molar-refractivity contribution < 1.29 is 23.1 Å². The first-order valence-corrected chi connectivity index (χ1v) is 10.4. The minimum Gasteiger partial charge on any atom is -0.381 e. The van der Waals surface area contributed by atoms with E-state index in [-0.39, 0.29) is 23.5 Å². The Bertz CT molecular complexity index is 987. The number of nitrogens with one attached hydrogen (secondary N) is 1. The molecule has 3 rings (SSSR count). The van der Waals surface area contributed by atoms with Crippen molar-refractivity contribution in [1.29, 1.82) is 0 Å². The maximum absolute atomic E-state index is 13.7. The lowest BCUT2D eigenvalue weighted by Crippen LogP contribution is -2.34. The Kier molecular flexibility index (Phi) is 7.52. The molecule has 1 heterocycles. The molecule has 0 aliphatic carbocycles. The van der Waals surface area contributed by atoms with Crippen LogP contribution in [-0.2, 0) is 14.3 Å². The van der Waals surface area contributed by atoms with Gasteiger partial charge in [-0.3, -0.25) is 14.5 Å². The van der Waals surface area contributed by atoms with Crippen molar-refractivity contribution in [3.05, 3.63) is 70.9 Å². The number of carbonyl (C=O) groups excluding carboxylic acids is 2. The third-order valence-electron chi connectivity index (χ3n) is 5.01. The summed E-state index contributed by atoms with van der Waals surface area (Å²) in [6.07, 6.45) is 2.51. The molecule has 0 bridgehead atoms. The molecular formula is C24H26F2N2O3. The van der Waals surface area contributed by atoms with Crippen molar-refractivity contribution in [2.45, 2.75) is 33.1 Å². The molecule has 2 amide bonds. The number of anilines is 1. The third kappa shape index (κ3) is 5.35. The molecule has 0 saturated heterocycles. The first kappa shape index (κ1) is 22.6. The van der Waals surface area contributed by atoms with Crippen LogP contribution in [0.1, 0.15) is 37.3 Å². The number of nitrogens with zero attached hydrogens (tertiary/aromatic N) is 1. The molecule has 1 N–H and O–H groups in total. The zero-order valence-electron chi connectivity index (χ0n) is 17.7. The van der Waals surface area contributed by atoms with Crippen LogP contribution < -0.4 is 5.32 Å². The molecule has 0 atom stereocenters. The van der Waals surface area contributed by atoms with E-state index in [1.54, 1.807) is 12.1 Å². The van der Waals surface area contributed by atoms with Crippen molar-refractivity contribution in [2.24, 2.45) is 0 Å². The van der Waals surface area contributed by atoms with Gasteiger partial charge in [-0.25, -0.2) is 8.78 Å². The third-order valence-corrected chi connectivity index (χ3v) is 5.01. The highest BCUT2D eigenvalue weighted by Crippen LogP contribution is 2.31. The van der Waals surface area contributed by atoms with E-state index in [1.807, 2.05) is 19.1 Å². The Morgan fingerprint density at radius 3 is 2.32 bits per heavy atom. The average molecular weight is 428 g/mol. The zero-order chi connectivity index (χ0) is 22.4. The summed E-state index contributed by atoms with van der Waals surface area (Å²) in [4.78, 5) is 27.4. The fraction of sp³-hybridized carbons (Fsp3) is 0.333. The van der Waals surface area contributed by atoms with E-state index in [4.69, 9.17) is 4.74 Å². The van der Waals surface area contributed by atoms with Crippen molar-refractivity contribution >= 4 is 23.1 Å². The smallest absolute Gasteiger partial charge is 0.278 e. The quantitative estimate of drug-likeness (QED) is 0.441. The molecule has 164 valence electrons. The second-order valence-corrected chi connectivity index (χ2v) is 7.45. The summed E-state index contributed by atoms with van der Waals surface area (Å²) in [7, 11) is 0. The van der Waals surface area contributed by atoms with Gasteiger partial charge in [0.05, 0.1) is 5.57 Å². The van der Waals surface area contributed by atoms with E-state index in [1.165, 1.54) is 11.0 Å². The number of halogens is 2. The SMILES string of the molecule is CCCCOCCCN1C(=O)C(Nc2ccc(F)c(F)c2)=C(c2ccc(C)cc2)C1=O. The van der Waals surface area contributed by atoms with Gasteiger partial charge in [-0.1, -0.05) is 43.2 Å². The summed E-state index contributed by atoms with van der Waals surface area (Å²) >= 11 is 0. The topological polar surface area (TPSA) is 58.6 Å². The molecule has 31 heavy (non-hydrogen) atoms. The number of amides is 2. The molecule has 5 nitrogen and oxygen atoms in total. The van der Waals surface area contributed by atoms with E-state index in [9.17, 15) is 18.4 Å². The molecule has 1 aliphatic rings. The van der Waals surface area contributed by atoms with Gasteiger partial charge in [0.15, 0.2) is 11.6 Å². The van der Waals surface area contributed by atoms with Crippen LogP contribution in [0.3, 0.4) is 0 Å². The summed E-state index contributed by atoms with van der Waals surface area (Å²) < 4.78 is 32.5. The number of benzene rings is 2. The van der Waals surface area contributed by atoms with Gasteiger partial charge in [0, 0.05) is 31.5 Å². The van der Waals surface area contributed by atoms with Crippen molar-refractivity contribution in [1.82, 2.24) is 4.90 Å². The lowest BCUT2D eigenvalue weighted by molar-refractivity contribution is -0.137. The van der Waals surface area contributed by atoms with Gasteiger partial charge in [0.2, 0.25) is 0 Å². The van der Waals surface area contributed by atoms with E-state index < -0.39 is 23.4 Å². The number of hydrogen-bond donors (Lipinski definition) is 1. The lowest BCUT2D eigenvalue weighted by Gasteiger charge is -2.15. The average Bonchev–Trinajstić information content (AvgIpc) is 2.98. The normalized spacial score (nSPS) is 14.0. The summed E-state index contributed by atoms with van der Waals surface area (Å²) in [5.74, 6) is -2.96. The van der Waals surface area contributed by atoms with Gasteiger partial charge < -0.3 is 10.1 Å². The van der Waals surface area contributed by atoms with Crippen LogP contribution in [0.5, 0.6) is 0 Å². The minimum atomic E-state index is -1.04. The molecule has 0 fully saturated rings. The molecule has 0 saturated carbocycles. The number of ether oxygens (including phenoxy) is 1. The number of unbranched alkanes of at least 4 members (excludes halogenated alkanes) is 1. The number of imide groups is 1. The minimum absolute atomic E-state index is 0.0479. The number of rotatable bonds is 10. The van der Waals surface area contributed by atoms with Gasteiger partial charge in [-0.2, -0.15) is 0 Å². The van der Waals surface area contributed by atoms with Crippen LogP contribution >= 0.6 is 0 Å². The monoisotopic (exact) mass is 428 g/mol. The molecule has 7 heteroatoms. The largest absolute Gasteiger partial charge is 0.381 e. The first-order chi connectivity index (χ1) is 14.9. The Morgan fingerprint density at radius 2 is 1.65 bits per heavy atom. The van der Waals surface area contributed by atoms with Crippen LogP contribution in [0.2, 0.25) is 0 Å². The van der Waals surface area contributed by atoms with Crippen molar-refractivity contribution in [2.75, 3.05) is 25.1 Å². The van der Waals surface area contributed by atoms with Crippen LogP contribution in [0, 0.1) is 18.6 Å². The van der Waals surface area contributed by atoms with E-state index in [2.05, 4.69) is 12.2 Å². The second kappa shape index (κ2) is 10.3. The zero-order valence-corrected chi connectivity index (χ0v) is 17.7. The Hall–Kier alpha value is -3.06. The highest BCUT2D eigenvalue weighted by molar-refractivity contribution is 6.36. The molecule has 1 aliphatic heterocycles. The number of carbonyl (C=O) groups is 2. The van der Waals surface area contributed by atoms with Gasteiger partial charge in [0.25, 0.3) is 11.8 Å². The molecule has 0 unspecified atom stereocenters. The molecule has 0 spiro atoms. The van der Waals surface area contributed by atoms with E-state index in [0.717, 1.165) is 30.5 Å². The molecule has 0 aromatic heterocycles. The maximum Gasteiger partial charge on any atom is 0.278 e. The second-order valence-electron chi connectivity index (χ2n) is 7.45. The highest BCUT2D eigenvalue weighted by atomic mass is 19.2. The summed E-state index contributed by atoms with van der Waals surface area (Å²) in [6, 6.07) is 10.5. The number of hydrogen-bond acceptors (Lipinski definition) is 4. The van der Waals surface area contributed by atoms with Gasteiger partial charge in [0.1, 0.15) is 5.70 Å². The summed E-state index contributed by atoms with van der Waals surface area (Å²) in [5.41, 5.74) is 2.03. The van der Waals surface area contributed by atoms with Crippen molar-refractivity contribution in [3.8, 4) is 0 Å². The summed E-state index contributed by atoms with van der Waals surface area (Å²) in [5, 5.41) is 2.83.